The molecule has 11 heteroatoms. The number of nitrogens with zero attached hydrogens (tertiary/aromatic N) is 2. The molecule has 0 bridgehead atoms. The van der Waals surface area contributed by atoms with E-state index in [1.807, 2.05) is 0 Å². The highest BCUT2D eigenvalue weighted by Gasteiger charge is 2.31. The Morgan fingerprint density at radius 2 is 1.97 bits per heavy atom. The number of piperidine rings is 1. The van der Waals surface area contributed by atoms with Gasteiger partial charge in [-0.3, -0.25) is 24.5 Å². The highest BCUT2D eigenvalue weighted by Crippen LogP contribution is 2.29. The van der Waals surface area contributed by atoms with Crippen LogP contribution in [0.5, 0.6) is 5.75 Å². The zero-order chi connectivity index (χ0) is 23.3. The van der Waals surface area contributed by atoms with E-state index < -0.39 is 28.8 Å². The lowest BCUT2D eigenvalue weighted by Gasteiger charge is -2.30. The van der Waals surface area contributed by atoms with Crippen molar-refractivity contribution in [3.8, 4) is 5.75 Å². The lowest BCUT2D eigenvalue weighted by Crippen LogP contribution is -2.41. The first-order valence-electron chi connectivity index (χ1n) is 9.96. The molecule has 1 fully saturated rings. The molecule has 3 rings (SSSR count). The summed E-state index contributed by atoms with van der Waals surface area (Å²) < 4.78 is 15.3. The SMILES string of the molecule is COc1ccc(NC(=O)C(C)OC(=O)C2CCN(C(=O)c3ccco3)CC2)c([N+](=O)[O-])c1. The predicted molar refractivity (Wildman–Crippen MR) is 111 cm³/mol. The Kier molecular flexibility index (Phi) is 7.08. The lowest BCUT2D eigenvalue weighted by atomic mass is 9.97. The molecule has 1 aromatic carbocycles. The van der Waals surface area contributed by atoms with E-state index in [1.165, 1.54) is 38.5 Å². The van der Waals surface area contributed by atoms with E-state index in [0.717, 1.165) is 0 Å². The summed E-state index contributed by atoms with van der Waals surface area (Å²) in [6.07, 6.45) is 1.05. The maximum absolute atomic E-state index is 12.5. The minimum Gasteiger partial charge on any atom is -0.496 e. The van der Waals surface area contributed by atoms with E-state index in [9.17, 15) is 24.5 Å². The van der Waals surface area contributed by atoms with E-state index in [-0.39, 0.29) is 28.8 Å². The van der Waals surface area contributed by atoms with Crippen molar-refractivity contribution in [2.45, 2.75) is 25.9 Å². The fourth-order valence-electron chi connectivity index (χ4n) is 3.33. The van der Waals surface area contributed by atoms with Gasteiger partial charge in [0.05, 0.1) is 30.3 Å². The van der Waals surface area contributed by atoms with Gasteiger partial charge in [-0.15, -0.1) is 0 Å². The molecular formula is C21H23N3O8. The number of likely N-dealkylation sites (tertiary alicyclic amines) is 1. The zero-order valence-corrected chi connectivity index (χ0v) is 17.6. The van der Waals surface area contributed by atoms with Crippen LogP contribution in [0.3, 0.4) is 0 Å². The molecule has 2 heterocycles. The highest BCUT2D eigenvalue weighted by atomic mass is 16.6. The molecule has 1 saturated heterocycles. The minimum absolute atomic E-state index is 0.0338. The van der Waals surface area contributed by atoms with Crippen LogP contribution in [0, 0.1) is 16.0 Å². The van der Waals surface area contributed by atoms with Gasteiger partial charge in [0.1, 0.15) is 11.4 Å². The number of rotatable bonds is 7. The summed E-state index contributed by atoms with van der Waals surface area (Å²) in [5, 5.41) is 13.7. The molecule has 32 heavy (non-hydrogen) atoms. The number of ether oxygens (including phenoxy) is 2. The topological polar surface area (TPSA) is 141 Å². The van der Waals surface area contributed by atoms with Crippen molar-refractivity contribution in [2.24, 2.45) is 5.92 Å². The minimum atomic E-state index is -1.16. The summed E-state index contributed by atoms with van der Waals surface area (Å²) >= 11 is 0. The van der Waals surface area contributed by atoms with Crippen LogP contribution in [0.1, 0.15) is 30.3 Å². The molecule has 1 atom stereocenters. The number of nitro benzene ring substituents is 1. The molecule has 11 nitrogen and oxygen atoms in total. The molecule has 0 saturated carbocycles. The molecule has 1 aromatic heterocycles. The monoisotopic (exact) mass is 445 g/mol. The average molecular weight is 445 g/mol. The number of esters is 1. The Balaban J connectivity index is 1.53. The number of methoxy groups -OCH3 is 1. The average Bonchev–Trinajstić information content (AvgIpc) is 3.33. The van der Waals surface area contributed by atoms with Crippen LogP contribution in [-0.4, -0.2) is 53.9 Å². The smallest absolute Gasteiger partial charge is 0.309 e. The molecule has 0 radical (unpaired) electrons. The number of hydrogen-bond acceptors (Lipinski definition) is 8. The third-order valence-corrected chi connectivity index (χ3v) is 5.17. The van der Waals surface area contributed by atoms with E-state index in [4.69, 9.17) is 13.9 Å². The van der Waals surface area contributed by atoms with Gasteiger partial charge in [0.15, 0.2) is 11.9 Å². The largest absolute Gasteiger partial charge is 0.496 e. The Hall–Kier alpha value is -3.89. The predicted octanol–water partition coefficient (Wildman–Crippen LogP) is 2.62. The van der Waals surface area contributed by atoms with E-state index in [1.54, 1.807) is 17.0 Å². The van der Waals surface area contributed by atoms with Crippen molar-refractivity contribution in [2.75, 3.05) is 25.5 Å². The van der Waals surface area contributed by atoms with E-state index in [0.29, 0.717) is 25.9 Å². The Bertz CT molecular complexity index is 996. The summed E-state index contributed by atoms with van der Waals surface area (Å²) in [6.45, 7) is 2.11. The summed E-state index contributed by atoms with van der Waals surface area (Å²) in [5.41, 5.74) is -0.377. The van der Waals surface area contributed by atoms with Crippen LogP contribution in [-0.2, 0) is 14.3 Å². The van der Waals surface area contributed by atoms with Crippen LogP contribution < -0.4 is 10.1 Å². The normalized spacial score (nSPS) is 15.0. The summed E-state index contributed by atoms with van der Waals surface area (Å²) in [7, 11) is 1.37. The van der Waals surface area contributed by atoms with Crippen LogP contribution >= 0.6 is 0 Å². The summed E-state index contributed by atoms with van der Waals surface area (Å²) in [5.74, 6) is -1.44. The maximum Gasteiger partial charge on any atom is 0.309 e. The summed E-state index contributed by atoms with van der Waals surface area (Å²) in [6, 6.07) is 7.21. The van der Waals surface area contributed by atoms with Crippen LogP contribution in [0.4, 0.5) is 11.4 Å². The molecule has 170 valence electrons. The molecule has 1 aliphatic heterocycles. The molecule has 2 aromatic rings. The van der Waals surface area contributed by atoms with Crippen molar-refractivity contribution in [1.82, 2.24) is 4.90 Å². The number of hydrogen-bond donors (Lipinski definition) is 1. The second-order valence-corrected chi connectivity index (χ2v) is 7.25. The molecule has 1 unspecified atom stereocenters. The first kappa shape index (κ1) is 22.8. The fourth-order valence-corrected chi connectivity index (χ4v) is 3.33. The van der Waals surface area contributed by atoms with Crippen LogP contribution in [0.2, 0.25) is 0 Å². The number of furan rings is 1. The fraction of sp³-hybridized carbons (Fsp3) is 0.381. The molecule has 1 N–H and O–H groups in total. The van der Waals surface area contributed by atoms with Gasteiger partial charge in [0, 0.05) is 13.1 Å². The number of amides is 2. The van der Waals surface area contributed by atoms with Gasteiger partial charge >= 0.3 is 5.97 Å². The first-order chi connectivity index (χ1) is 15.3. The maximum atomic E-state index is 12.5. The van der Waals surface area contributed by atoms with Gasteiger partial charge in [-0.1, -0.05) is 0 Å². The third kappa shape index (κ3) is 5.23. The lowest BCUT2D eigenvalue weighted by molar-refractivity contribution is -0.384. The quantitative estimate of drug-likeness (QED) is 0.389. The summed E-state index contributed by atoms with van der Waals surface area (Å²) in [4.78, 5) is 49.4. The Morgan fingerprint density at radius 1 is 1.25 bits per heavy atom. The van der Waals surface area contributed by atoms with Gasteiger partial charge in [0.2, 0.25) is 0 Å². The molecule has 1 aliphatic rings. The highest BCUT2D eigenvalue weighted by molar-refractivity contribution is 5.97. The van der Waals surface area contributed by atoms with Crippen molar-refractivity contribution in [1.29, 1.82) is 0 Å². The van der Waals surface area contributed by atoms with Gasteiger partial charge < -0.3 is 24.1 Å². The van der Waals surface area contributed by atoms with Crippen molar-refractivity contribution in [3.05, 3.63) is 52.5 Å². The second kappa shape index (κ2) is 9.94. The standard InChI is InChI=1S/C21H23N3O8/c1-13(19(25)22-16-6-5-15(30-2)12-17(16)24(28)29)32-21(27)14-7-9-23(10-8-14)20(26)18-4-3-11-31-18/h3-6,11-14H,7-10H2,1-2H3,(H,22,25). The van der Waals surface area contributed by atoms with Crippen LogP contribution in [0.15, 0.2) is 41.0 Å². The Morgan fingerprint density at radius 3 is 2.56 bits per heavy atom. The number of carbonyl (C=O) groups is 3. The molecule has 0 spiro atoms. The van der Waals surface area contributed by atoms with Gasteiger partial charge in [-0.25, -0.2) is 0 Å². The Labute approximate surface area is 183 Å². The van der Waals surface area contributed by atoms with Gasteiger partial charge in [0.25, 0.3) is 17.5 Å². The number of nitro groups is 1. The molecule has 0 aliphatic carbocycles. The molecular weight excluding hydrogens is 422 g/mol. The number of anilines is 1. The number of carbonyl (C=O) groups excluding carboxylic acids is 3. The van der Waals surface area contributed by atoms with Crippen molar-refractivity contribution >= 4 is 29.2 Å². The number of benzene rings is 1. The van der Waals surface area contributed by atoms with Gasteiger partial charge in [-0.2, -0.15) is 0 Å². The van der Waals surface area contributed by atoms with E-state index in [2.05, 4.69) is 5.32 Å². The molecule has 2 amide bonds. The second-order valence-electron chi connectivity index (χ2n) is 7.25. The van der Waals surface area contributed by atoms with Crippen molar-refractivity contribution in [3.63, 3.8) is 0 Å². The van der Waals surface area contributed by atoms with E-state index >= 15 is 0 Å². The van der Waals surface area contributed by atoms with Crippen LogP contribution in [0.25, 0.3) is 0 Å². The number of nitrogens with one attached hydrogen (secondary N) is 1. The third-order valence-electron chi connectivity index (χ3n) is 5.17. The zero-order valence-electron chi connectivity index (χ0n) is 17.6. The van der Waals surface area contributed by atoms with Gasteiger partial charge in [-0.05, 0) is 44.0 Å². The first-order valence-corrected chi connectivity index (χ1v) is 9.96. The van der Waals surface area contributed by atoms with Crippen molar-refractivity contribution < 1.29 is 33.2 Å².